The summed E-state index contributed by atoms with van der Waals surface area (Å²) in [4.78, 5) is 21.8. The van der Waals surface area contributed by atoms with Gasteiger partial charge in [-0.1, -0.05) is 30.3 Å². The highest BCUT2D eigenvalue weighted by Gasteiger charge is 2.22. The van der Waals surface area contributed by atoms with Crippen molar-refractivity contribution < 1.29 is 4.74 Å². The Morgan fingerprint density at radius 3 is 3.00 bits per heavy atom. The molecule has 124 valence electrons. The van der Waals surface area contributed by atoms with Crippen LogP contribution in [0.5, 0.6) is 0 Å². The number of aryl methyl sites for hydroxylation is 1. The van der Waals surface area contributed by atoms with Gasteiger partial charge in [0.1, 0.15) is 11.2 Å². The smallest absolute Gasteiger partial charge is 0.262 e. The molecule has 0 aliphatic carbocycles. The van der Waals surface area contributed by atoms with Crippen LogP contribution in [0.3, 0.4) is 0 Å². The van der Waals surface area contributed by atoms with E-state index in [0.29, 0.717) is 30.0 Å². The molecule has 4 rings (SSSR count). The highest BCUT2D eigenvalue weighted by Crippen LogP contribution is 2.22. The molecule has 0 saturated carbocycles. The summed E-state index contributed by atoms with van der Waals surface area (Å²) in [5, 5.41) is 4.62. The zero-order valence-electron chi connectivity index (χ0n) is 13.5. The van der Waals surface area contributed by atoms with Crippen LogP contribution in [0.15, 0.2) is 41.3 Å². The second-order valence-corrected chi connectivity index (χ2v) is 6.02. The molecule has 7 heteroatoms. The van der Waals surface area contributed by atoms with Gasteiger partial charge in [0.15, 0.2) is 5.65 Å². The Bertz CT molecular complexity index is 902. The normalized spacial score (nSPS) is 19.0. The van der Waals surface area contributed by atoms with E-state index < -0.39 is 0 Å². The predicted octanol–water partition coefficient (Wildman–Crippen LogP) is 1.23. The topological polar surface area (TPSA) is 76.0 Å². The van der Waals surface area contributed by atoms with Crippen molar-refractivity contribution in [3.05, 3.63) is 58.3 Å². The van der Waals surface area contributed by atoms with Crippen molar-refractivity contribution in [1.29, 1.82) is 0 Å². The van der Waals surface area contributed by atoms with Gasteiger partial charge in [-0.05, 0) is 5.56 Å². The average molecular weight is 325 g/mol. The fourth-order valence-corrected chi connectivity index (χ4v) is 3.08. The summed E-state index contributed by atoms with van der Waals surface area (Å²) in [7, 11) is 1.79. The van der Waals surface area contributed by atoms with Gasteiger partial charge in [-0.15, -0.1) is 0 Å². The quantitative estimate of drug-likeness (QED) is 0.784. The van der Waals surface area contributed by atoms with Gasteiger partial charge >= 0.3 is 0 Å². The number of benzene rings is 1. The molecule has 24 heavy (non-hydrogen) atoms. The Morgan fingerprint density at radius 2 is 2.17 bits per heavy atom. The first-order chi connectivity index (χ1) is 11.7. The third kappa shape index (κ3) is 2.83. The Kier molecular flexibility index (Phi) is 3.87. The molecule has 1 N–H and O–H groups in total. The van der Waals surface area contributed by atoms with E-state index in [0.717, 1.165) is 13.1 Å². The maximum absolute atomic E-state index is 12.1. The van der Waals surface area contributed by atoms with Crippen LogP contribution in [0.4, 0.5) is 0 Å². The van der Waals surface area contributed by atoms with Crippen molar-refractivity contribution >= 4 is 11.0 Å². The molecule has 1 saturated heterocycles. The van der Waals surface area contributed by atoms with E-state index in [-0.39, 0.29) is 11.7 Å². The van der Waals surface area contributed by atoms with Crippen LogP contribution in [0, 0.1) is 0 Å². The summed E-state index contributed by atoms with van der Waals surface area (Å²) in [5.74, 6) is 0.657. The monoisotopic (exact) mass is 325 g/mol. The van der Waals surface area contributed by atoms with E-state index in [2.05, 4.69) is 32.1 Å². The van der Waals surface area contributed by atoms with E-state index in [4.69, 9.17) is 4.74 Å². The lowest BCUT2D eigenvalue weighted by atomic mass is 10.1. The van der Waals surface area contributed by atoms with Crippen LogP contribution in [0.1, 0.15) is 17.5 Å². The van der Waals surface area contributed by atoms with Crippen LogP contribution in [-0.2, 0) is 18.3 Å². The lowest BCUT2D eigenvalue weighted by molar-refractivity contribution is -0.0336. The van der Waals surface area contributed by atoms with Crippen LogP contribution in [-0.4, -0.2) is 44.3 Å². The van der Waals surface area contributed by atoms with Crippen molar-refractivity contribution in [1.82, 2.24) is 24.6 Å². The number of morpholine rings is 1. The zero-order valence-corrected chi connectivity index (χ0v) is 13.5. The Morgan fingerprint density at radius 1 is 1.33 bits per heavy atom. The molecule has 0 radical (unpaired) electrons. The number of rotatable bonds is 3. The summed E-state index contributed by atoms with van der Waals surface area (Å²) in [5.41, 5.74) is 1.64. The maximum atomic E-state index is 12.1. The Balaban J connectivity index is 1.55. The molecule has 1 aliphatic heterocycles. The molecular formula is C17H19N5O2. The lowest BCUT2D eigenvalue weighted by Gasteiger charge is -2.32. The molecule has 7 nitrogen and oxygen atoms in total. The average Bonchev–Trinajstić information content (AvgIpc) is 2.98. The van der Waals surface area contributed by atoms with Crippen LogP contribution >= 0.6 is 0 Å². The number of ether oxygens (including phenoxy) is 1. The van der Waals surface area contributed by atoms with Crippen LogP contribution in [0.2, 0.25) is 0 Å². The van der Waals surface area contributed by atoms with Crippen molar-refractivity contribution in [2.24, 2.45) is 7.05 Å². The fourth-order valence-electron chi connectivity index (χ4n) is 3.08. The van der Waals surface area contributed by atoms with Crippen molar-refractivity contribution in [3.63, 3.8) is 0 Å². The minimum Gasteiger partial charge on any atom is -0.371 e. The Labute approximate surface area is 138 Å². The van der Waals surface area contributed by atoms with Gasteiger partial charge in [0.05, 0.1) is 25.5 Å². The molecule has 0 amide bonds. The molecule has 3 heterocycles. The minimum absolute atomic E-state index is 0.0482. The number of nitrogens with one attached hydrogen (secondary N) is 1. The van der Waals surface area contributed by atoms with Gasteiger partial charge in [-0.2, -0.15) is 5.10 Å². The van der Waals surface area contributed by atoms with Gasteiger partial charge in [0, 0.05) is 20.1 Å². The highest BCUT2D eigenvalue weighted by atomic mass is 16.5. The number of H-pyrrole nitrogens is 1. The molecule has 0 unspecified atom stereocenters. The first-order valence-corrected chi connectivity index (χ1v) is 8.00. The molecule has 1 fully saturated rings. The molecule has 2 aromatic heterocycles. The highest BCUT2D eigenvalue weighted by molar-refractivity contribution is 5.72. The molecule has 1 aliphatic rings. The van der Waals surface area contributed by atoms with E-state index in [1.54, 1.807) is 17.9 Å². The Hall–Kier alpha value is -2.51. The molecule has 1 aromatic carbocycles. The molecule has 3 aromatic rings. The second kappa shape index (κ2) is 6.18. The summed E-state index contributed by atoms with van der Waals surface area (Å²) >= 11 is 0. The summed E-state index contributed by atoms with van der Waals surface area (Å²) in [6.45, 7) is 2.84. The largest absolute Gasteiger partial charge is 0.371 e. The SMILES string of the molecule is Cn1ncc2c(=O)[nH]c(CN3CCO[C@H](c4ccccc4)C3)nc21. The van der Waals surface area contributed by atoms with Gasteiger partial charge in [-0.25, -0.2) is 4.98 Å². The second-order valence-electron chi connectivity index (χ2n) is 6.02. The predicted molar refractivity (Wildman–Crippen MR) is 89.5 cm³/mol. The lowest BCUT2D eigenvalue weighted by Crippen LogP contribution is -2.38. The minimum atomic E-state index is -0.143. The zero-order chi connectivity index (χ0) is 16.5. The summed E-state index contributed by atoms with van der Waals surface area (Å²) in [6.07, 6.45) is 1.59. The first-order valence-electron chi connectivity index (χ1n) is 8.00. The van der Waals surface area contributed by atoms with Gasteiger partial charge in [0.25, 0.3) is 5.56 Å². The van der Waals surface area contributed by atoms with E-state index in [9.17, 15) is 4.79 Å². The standard InChI is InChI=1S/C17H19N5O2/c1-21-16-13(9-18-21)17(23)20-15(19-16)11-22-7-8-24-14(10-22)12-5-3-2-4-6-12/h2-6,9,14H,7-8,10-11H2,1H3,(H,19,20,23)/t14-/m0/s1. The summed E-state index contributed by atoms with van der Waals surface area (Å²) in [6, 6.07) is 10.2. The first kappa shape index (κ1) is 15.0. The number of aromatic nitrogens is 4. The number of fused-ring (bicyclic) bond motifs is 1. The van der Waals surface area contributed by atoms with E-state index >= 15 is 0 Å². The number of aromatic amines is 1. The molecular weight excluding hydrogens is 306 g/mol. The van der Waals surface area contributed by atoms with Crippen molar-refractivity contribution in [2.75, 3.05) is 19.7 Å². The molecule has 0 bridgehead atoms. The number of hydrogen-bond acceptors (Lipinski definition) is 5. The van der Waals surface area contributed by atoms with Gasteiger partial charge in [-0.3, -0.25) is 14.4 Å². The summed E-state index contributed by atoms with van der Waals surface area (Å²) < 4.78 is 7.51. The maximum Gasteiger partial charge on any atom is 0.262 e. The van der Waals surface area contributed by atoms with Crippen LogP contribution < -0.4 is 5.56 Å². The third-order valence-electron chi connectivity index (χ3n) is 4.35. The van der Waals surface area contributed by atoms with E-state index in [1.165, 1.54) is 5.56 Å². The van der Waals surface area contributed by atoms with Crippen molar-refractivity contribution in [2.45, 2.75) is 12.6 Å². The number of hydrogen-bond donors (Lipinski definition) is 1. The molecule has 1 atom stereocenters. The number of nitrogens with zero attached hydrogens (tertiary/aromatic N) is 4. The third-order valence-corrected chi connectivity index (χ3v) is 4.35. The van der Waals surface area contributed by atoms with E-state index in [1.807, 2.05) is 18.2 Å². The van der Waals surface area contributed by atoms with Crippen LogP contribution in [0.25, 0.3) is 11.0 Å². The van der Waals surface area contributed by atoms with Gasteiger partial charge in [0.2, 0.25) is 0 Å². The fraction of sp³-hybridized carbons (Fsp3) is 0.353. The van der Waals surface area contributed by atoms with Gasteiger partial charge < -0.3 is 9.72 Å². The van der Waals surface area contributed by atoms with Crippen molar-refractivity contribution in [3.8, 4) is 0 Å². The molecule has 0 spiro atoms.